The van der Waals surface area contributed by atoms with Crippen molar-refractivity contribution in [3.63, 3.8) is 0 Å². The van der Waals surface area contributed by atoms with Crippen LogP contribution in [0.15, 0.2) is 24.3 Å². The quantitative estimate of drug-likeness (QED) is 0.857. The van der Waals surface area contributed by atoms with Crippen molar-refractivity contribution in [2.45, 2.75) is 31.1 Å². The van der Waals surface area contributed by atoms with Crippen LogP contribution in [0.5, 0.6) is 0 Å². The third-order valence-corrected chi connectivity index (χ3v) is 4.38. The predicted octanol–water partition coefficient (Wildman–Crippen LogP) is 2.28. The molecule has 0 spiro atoms. The molecule has 4 heteroatoms. The number of thioether (sulfide) groups is 1. The molecule has 0 bridgehead atoms. The number of para-hydroxylation sites is 1. The van der Waals surface area contributed by atoms with Crippen molar-refractivity contribution in [1.29, 1.82) is 0 Å². The van der Waals surface area contributed by atoms with Crippen LogP contribution in [0.25, 0.3) is 0 Å². The van der Waals surface area contributed by atoms with Crippen LogP contribution in [0, 0.1) is 0 Å². The van der Waals surface area contributed by atoms with Gasteiger partial charge in [0.25, 0.3) is 0 Å². The summed E-state index contributed by atoms with van der Waals surface area (Å²) in [5.74, 6) is 0.111. The van der Waals surface area contributed by atoms with Crippen LogP contribution in [-0.2, 0) is 11.2 Å². The standard InChI is InChI=1S/C14H20N2OS/c1-10(18-2)7-8-15-14(17)13-9-11-5-3-4-6-12(11)16-13/h3-6,10,13,16H,7-9H2,1-2H3,(H,15,17). The lowest BCUT2D eigenvalue weighted by molar-refractivity contribution is -0.121. The fraction of sp³-hybridized carbons (Fsp3) is 0.500. The molecular formula is C14H20N2OS. The molecule has 3 nitrogen and oxygen atoms in total. The molecule has 1 aliphatic heterocycles. The van der Waals surface area contributed by atoms with Crippen molar-refractivity contribution < 1.29 is 4.79 Å². The molecule has 0 radical (unpaired) electrons. The van der Waals surface area contributed by atoms with Gasteiger partial charge in [-0.3, -0.25) is 4.79 Å². The van der Waals surface area contributed by atoms with Crippen molar-refractivity contribution in [3.8, 4) is 0 Å². The Labute approximate surface area is 113 Å². The van der Waals surface area contributed by atoms with Crippen molar-refractivity contribution in [3.05, 3.63) is 29.8 Å². The van der Waals surface area contributed by atoms with Gasteiger partial charge in [0.15, 0.2) is 0 Å². The highest BCUT2D eigenvalue weighted by atomic mass is 32.2. The molecule has 0 fully saturated rings. The summed E-state index contributed by atoms with van der Waals surface area (Å²) in [7, 11) is 0. The highest BCUT2D eigenvalue weighted by Crippen LogP contribution is 2.25. The van der Waals surface area contributed by atoms with Gasteiger partial charge in [-0.15, -0.1) is 0 Å². The van der Waals surface area contributed by atoms with E-state index in [-0.39, 0.29) is 11.9 Å². The van der Waals surface area contributed by atoms with Gasteiger partial charge in [0.1, 0.15) is 6.04 Å². The van der Waals surface area contributed by atoms with E-state index in [2.05, 4.69) is 29.9 Å². The van der Waals surface area contributed by atoms with E-state index in [4.69, 9.17) is 0 Å². The number of hydrogen-bond acceptors (Lipinski definition) is 3. The number of hydrogen-bond donors (Lipinski definition) is 2. The average molecular weight is 264 g/mol. The molecule has 0 saturated heterocycles. The van der Waals surface area contributed by atoms with Gasteiger partial charge in [0.2, 0.25) is 5.91 Å². The summed E-state index contributed by atoms with van der Waals surface area (Å²) in [6.45, 7) is 2.94. The summed E-state index contributed by atoms with van der Waals surface area (Å²) in [5, 5.41) is 6.88. The number of fused-ring (bicyclic) bond motifs is 1. The Hall–Kier alpha value is -1.16. The Morgan fingerprint density at radius 1 is 1.56 bits per heavy atom. The average Bonchev–Trinajstić information content (AvgIpc) is 2.82. The summed E-state index contributed by atoms with van der Waals surface area (Å²) in [6, 6.07) is 8.00. The van der Waals surface area contributed by atoms with Gasteiger partial charge in [-0.25, -0.2) is 0 Å². The van der Waals surface area contributed by atoms with E-state index in [0.717, 1.165) is 25.1 Å². The molecule has 1 aromatic carbocycles. The van der Waals surface area contributed by atoms with E-state index >= 15 is 0 Å². The van der Waals surface area contributed by atoms with Crippen molar-refractivity contribution in [1.82, 2.24) is 5.32 Å². The number of carbonyl (C=O) groups is 1. The van der Waals surface area contributed by atoms with Crippen molar-refractivity contribution in [2.75, 3.05) is 18.1 Å². The second-order valence-corrected chi connectivity index (χ2v) is 5.96. The van der Waals surface area contributed by atoms with Gasteiger partial charge in [-0.1, -0.05) is 25.1 Å². The first kappa shape index (κ1) is 13.3. The Balaban J connectivity index is 1.79. The number of carbonyl (C=O) groups excluding carboxylic acids is 1. The van der Waals surface area contributed by atoms with Crippen LogP contribution in [0.3, 0.4) is 0 Å². The van der Waals surface area contributed by atoms with Crippen LogP contribution in [0.1, 0.15) is 18.9 Å². The summed E-state index contributed by atoms with van der Waals surface area (Å²) in [5.41, 5.74) is 2.32. The fourth-order valence-corrected chi connectivity index (χ4v) is 2.45. The first-order valence-electron chi connectivity index (χ1n) is 6.35. The second kappa shape index (κ2) is 6.14. The van der Waals surface area contributed by atoms with Crippen LogP contribution >= 0.6 is 11.8 Å². The van der Waals surface area contributed by atoms with Gasteiger partial charge < -0.3 is 10.6 Å². The first-order chi connectivity index (χ1) is 8.70. The smallest absolute Gasteiger partial charge is 0.242 e. The molecule has 1 heterocycles. The first-order valence-corrected chi connectivity index (χ1v) is 7.64. The lowest BCUT2D eigenvalue weighted by Crippen LogP contribution is -2.39. The monoisotopic (exact) mass is 264 g/mol. The van der Waals surface area contributed by atoms with Gasteiger partial charge >= 0.3 is 0 Å². The SMILES string of the molecule is CSC(C)CCNC(=O)C1Cc2ccccc2N1. The van der Waals surface area contributed by atoms with Crippen molar-refractivity contribution >= 4 is 23.4 Å². The molecule has 0 aliphatic carbocycles. The van der Waals surface area contributed by atoms with Crippen molar-refractivity contribution in [2.24, 2.45) is 0 Å². The molecule has 2 rings (SSSR count). The zero-order valence-electron chi connectivity index (χ0n) is 10.9. The highest BCUT2D eigenvalue weighted by molar-refractivity contribution is 7.99. The Morgan fingerprint density at radius 2 is 2.33 bits per heavy atom. The Kier molecular flexibility index (Phi) is 4.53. The zero-order chi connectivity index (χ0) is 13.0. The third-order valence-electron chi connectivity index (χ3n) is 3.34. The van der Waals surface area contributed by atoms with E-state index in [1.807, 2.05) is 30.0 Å². The molecule has 0 aromatic heterocycles. The molecule has 1 amide bonds. The number of anilines is 1. The maximum absolute atomic E-state index is 12.0. The summed E-state index contributed by atoms with van der Waals surface area (Å²) in [6.07, 6.45) is 3.91. The number of amides is 1. The fourth-order valence-electron chi connectivity index (χ4n) is 2.10. The lowest BCUT2D eigenvalue weighted by Gasteiger charge is -2.13. The van der Waals surface area contributed by atoms with Gasteiger partial charge in [-0.2, -0.15) is 11.8 Å². The second-order valence-electron chi connectivity index (χ2n) is 4.68. The van der Waals surface area contributed by atoms with E-state index in [0.29, 0.717) is 5.25 Å². The van der Waals surface area contributed by atoms with Gasteiger partial charge in [0, 0.05) is 23.9 Å². The Morgan fingerprint density at radius 3 is 3.06 bits per heavy atom. The molecule has 0 saturated carbocycles. The number of benzene rings is 1. The normalized spacial score (nSPS) is 18.9. The molecule has 2 unspecified atom stereocenters. The molecule has 1 aromatic rings. The van der Waals surface area contributed by atoms with E-state index in [1.165, 1.54) is 5.56 Å². The minimum atomic E-state index is -0.105. The number of nitrogens with one attached hydrogen (secondary N) is 2. The maximum atomic E-state index is 12.0. The summed E-state index contributed by atoms with van der Waals surface area (Å²) in [4.78, 5) is 12.0. The summed E-state index contributed by atoms with van der Waals surface area (Å²) >= 11 is 1.83. The largest absolute Gasteiger partial charge is 0.373 e. The lowest BCUT2D eigenvalue weighted by atomic mass is 10.1. The Bertz CT molecular complexity index is 397. The minimum absolute atomic E-state index is 0.105. The molecule has 2 atom stereocenters. The van der Waals surface area contributed by atoms with Crippen LogP contribution < -0.4 is 10.6 Å². The molecular weight excluding hydrogens is 244 g/mol. The van der Waals surface area contributed by atoms with Crippen LogP contribution in [-0.4, -0.2) is 30.0 Å². The minimum Gasteiger partial charge on any atom is -0.373 e. The predicted molar refractivity (Wildman–Crippen MR) is 78.2 cm³/mol. The van der Waals surface area contributed by atoms with E-state index < -0.39 is 0 Å². The topological polar surface area (TPSA) is 41.1 Å². The van der Waals surface area contributed by atoms with Crippen LogP contribution in [0.2, 0.25) is 0 Å². The molecule has 1 aliphatic rings. The summed E-state index contributed by atoms with van der Waals surface area (Å²) < 4.78 is 0. The molecule has 2 N–H and O–H groups in total. The zero-order valence-corrected chi connectivity index (χ0v) is 11.7. The van der Waals surface area contributed by atoms with Crippen LogP contribution in [0.4, 0.5) is 5.69 Å². The maximum Gasteiger partial charge on any atom is 0.242 e. The molecule has 18 heavy (non-hydrogen) atoms. The van der Waals surface area contributed by atoms with Gasteiger partial charge in [-0.05, 0) is 24.3 Å². The number of rotatable bonds is 5. The third kappa shape index (κ3) is 3.19. The highest BCUT2D eigenvalue weighted by Gasteiger charge is 2.25. The van der Waals surface area contributed by atoms with E-state index in [1.54, 1.807) is 0 Å². The van der Waals surface area contributed by atoms with E-state index in [9.17, 15) is 4.79 Å². The molecule has 98 valence electrons. The van der Waals surface area contributed by atoms with Gasteiger partial charge in [0.05, 0.1) is 0 Å².